The molecule has 13 nitrogen and oxygen atoms in total. The third-order valence-corrected chi connectivity index (χ3v) is 13.5. The Balaban J connectivity index is 1.08. The van der Waals surface area contributed by atoms with Gasteiger partial charge >= 0.3 is 12.1 Å². The minimum Gasteiger partial charge on any atom is -0.468 e. The number of anilines is 1. The molecule has 324 valence electrons. The van der Waals surface area contributed by atoms with E-state index in [-0.39, 0.29) is 71.9 Å². The second-order valence-corrected chi connectivity index (χ2v) is 17.4. The number of rotatable bonds is 12. The van der Waals surface area contributed by atoms with Gasteiger partial charge in [0.1, 0.15) is 35.2 Å². The molecule has 61 heavy (non-hydrogen) atoms. The van der Waals surface area contributed by atoms with Crippen LogP contribution in [0.15, 0.2) is 30.5 Å². The molecular formula is C46H54F2N6O7. The predicted molar refractivity (Wildman–Crippen MR) is 224 cm³/mol. The van der Waals surface area contributed by atoms with Crippen molar-refractivity contribution in [3.05, 3.63) is 47.7 Å². The summed E-state index contributed by atoms with van der Waals surface area (Å²) in [6, 6.07) is 6.19. The SMILES string of the molecule is C#Cc1c(F)ccc2cc(OCOC)cc(-c3ncc4c(N5CCCC6(CC(OC7CCCCO7)C6)C5)nc(OC[C@]56CCCN5[C@@H](OC(=O)N(C)CC)CC6)nc4c3F)c12. The molecule has 6 heterocycles. The average molecular weight is 841 g/mol. The Hall–Kier alpha value is -4.88. The summed E-state index contributed by atoms with van der Waals surface area (Å²) in [6.07, 6.45) is 16.8. The zero-order valence-corrected chi connectivity index (χ0v) is 35.2. The summed E-state index contributed by atoms with van der Waals surface area (Å²) < 4.78 is 68.5. The van der Waals surface area contributed by atoms with Gasteiger partial charge < -0.3 is 38.2 Å². The molecule has 5 aliphatic rings. The van der Waals surface area contributed by atoms with Crippen LogP contribution in [0.25, 0.3) is 32.9 Å². The van der Waals surface area contributed by atoms with E-state index in [2.05, 4.69) is 15.7 Å². The van der Waals surface area contributed by atoms with E-state index in [0.29, 0.717) is 53.8 Å². The number of terminal acetylenes is 1. The molecule has 0 radical (unpaired) electrons. The number of ether oxygens (including phenoxy) is 6. The van der Waals surface area contributed by atoms with E-state index >= 15 is 8.78 Å². The second kappa shape index (κ2) is 17.1. The number of carbonyl (C=O) groups is 1. The van der Waals surface area contributed by atoms with Crippen molar-refractivity contribution in [1.29, 1.82) is 0 Å². The van der Waals surface area contributed by atoms with E-state index in [1.54, 1.807) is 36.3 Å². The maximum absolute atomic E-state index is 17.5. The zero-order valence-electron chi connectivity index (χ0n) is 35.2. The van der Waals surface area contributed by atoms with Crippen LogP contribution in [-0.4, -0.2) is 115 Å². The highest BCUT2D eigenvalue weighted by Crippen LogP contribution is 2.51. The lowest BCUT2D eigenvalue weighted by molar-refractivity contribution is -0.223. The van der Waals surface area contributed by atoms with Crippen LogP contribution in [0.2, 0.25) is 0 Å². The molecule has 2 aromatic carbocycles. The van der Waals surface area contributed by atoms with Crippen LogP contribution in [-0.2, 0) is 18.9 Å². The minimum absolute atomic E-state index is 0.0156. The molecular weight excluding hydrogens is 787 g/mol. The highest BCUT2D eigenvalue weighted by atomic mass is 19.1. The number of hydrogen-bond acceptors (Lipinski definition) is 12. The molecule has 0 bridgehead atoms. The lowest BCUT2D eigenvalue weighted by Gasteiger charge is -2.53. The zero-order chi connectivity index (χ0) is 42.3. The molecule has 4 aliphatic heterocycles. The third kappa shape index (κ3) is 7.92. The van der Waals surface area contributed by atoms with Gasteiger partial charge in [-0.25, -0.2) is 13.6 Å². The first-order chi connectivity index (χ1) is 29.6. The van der Waals surface area contributed by atoms with Gasteiger partial charge in [-0.05, 0) is 100 Å². The van der Waals surface area contributed by atoms with Crippen LogP contribution in [0.5, 0.6) is 11.8 Å². The Morgan fingerprint density at radius 1 is 1.07 bits per heavy atom. The van der Waals surface area contributed by atoms with Crippen molar-refractivity contribution in [2.24, 2.45) is 5.41 Å². The first-order valence-electron chi connectivity index (χ1n) is 21.7. The molecule has 15 heteroatoms. The Labute approximate surface area is 355 Å². The molecule has 1 saturated carbocycles. The standard InChI is InChI=1S/C46H54F2N6O7/c1-5-32-35(47)13-12-29-21-30(59-28-56-4)22-33(38(29)32)40-39(48)41-34(25-49-40)42(53-18-9-15-45(26-53)23-31(24-45)60-37-11-7-8-20-57-37)51-43(50-41)58-27-46-16-10-19-54(46)36(14-17-46)61-44(55)52(3)6-2/h1,12-13,21-22,25,31,36-37H,6-11,14-20,23-24,26-28H2,2-4H3/t31?,36-,37?,45?,46+/m0/s1. The predicted octanol–water partition coefficient (Wildman–Crippen LogP) is 7.80. The van der Waals surface area contributed by atoms with Gasteiger partial charge in [0.05, 0.1) is 22.6 Å². The van der Waals surface area contributed by atoms with Gasteiger partial charge in [0.25, 0.3) is 0 Å². The normalized spacial score (nSPS) is 26.3. The fraction of sp³-hybridized carbons (Fsp3) is 0.565. The summed E-state index contributed by atoms with van der Waals surface area (Å²) in [7, 11) is 3.22. The van der Waals surface area contributed by atoms with E-state index < -0.39 is 17.2 Å². The number of piperidine rings is 1. The largest absolute Gasteiger partial charge is 0.468 e. The Kier molecular flexibility index (Phi) is 11.6. The lowest BCUT2D eigenvalue weighted by Crippen LogP contribution is -2.54. The highest BCUT2D eigenvalue weighted by molar-refractivity contribution is 6.03. The number of aromatic nitrogens is 3. The number of hydrogen-bond donors (Lipinski definition) is 0. The highest BCUT2D eigenvalue weighted by Gasteiger charge is 2.52. The summed E-state index contributed by atoms with van der Waals surface area (Å²) in [4.78, 5) is 33.3. The summed E-state index contributed by atoms with van der Waals surface area (Å²) in [5, 5.41) is 1.30. The monoisotopic (exact) mass is 840 g/mol. The van der Waals surface area contributed by atoms with Gasteiger partial charge in [0.15, 0.2) is 25.1 Å². The van der Waals surface area contributed by atoms with Crippen LogP contribution >= 0.6 is 0 Å². The fourth-order valence-electron chi connectivity index (χ4n) is 10.3. The average Bonchev–Trinajstić information content (AvgIpc) is 3.84. The number of benzene rings is 2. The van der Waals surface area contributed by atoms with Crippen molar-refractivity contribution in [3.63, 3.8) is 0 Å². The molecule has 3 atom stereocenters. The van der Waals surface area contributed by atoms with E-state index in [1.165, 1.54) is 13.2 Å². The number of methoxy groups -OCH3 is 1. The molecule has 1 unspecified atom stereocenters. The van der Waals surface area contributed by atoms with E-state index in [4.69, 9.17) is 49.8 Å². The van der Waals surface area contributed by atoms with Crippen LogP contribution in [0.3, 0.4) is 0 Å². The quantitative estimate of drug-likeness (QED) is 0.102. The minimum atomic E-state index is -0.728. The van der Waals surface area contributed by atoms with Gasteiger partial charge in [-0.15, -0.1) is 6.42 Å². The lowest BCUT2D eigenvalue weighted by atomic mass is 9.62. The molecule has 9 rings (SSSR count). The Morgan fingerprint density at radius 2 is 1.92 bits per heavy atom. The van der Waals surface area contributed by atoms with Crippen molar-refractivity contribution in [1.82, 2.24) is 24.8 Å². The third-order valence-electron chi connectivity index (χ3n) is 13.5. The number of pyridine rings is 1. The van der Waals surface area contributed by atoms with E-state index in [0.717, 1.165) is 77.4 Å². The second-order valence-electron chi connectivity index (χ2n) is 17.4. The number of halogens is 2. The van der Waals surface area contributed by atoms with Crippen LogP contribution in [0, 0.1) is 29.4 Å². The number of carbonyl (C=O) groups excluding carboxylic acids is 1. The van der Waals surface area contributed by atoms with Crippen LogP contribution in [0.1, 0.15) is 83.1 Å². The maximum Gasteiger partial charge on any atom is 0.411 e. The maximum atomic E-state index is 17.5. The van der Waals surface area contributed by atoms with Crippen molar-refractivity contribution >= 4 is 33.6 Å². The molecule has 1 aliphatic carbocycles. The molecule has 0 N–H and O–H groups in total. The molecule has 5 fully saturated rings. The Morgan fingerprint density at radius 3 is 2.70 bits per heavy atom. The van der Waals surface area contributed by atoms with Gasteiger partial charge in [0, 0.05) is 70.5 Å². The topological polar surface area (TPSA) is 121 Å². The van der Waals surface area contributed by atoms with Gasteiger partial charge in [-0.3, -0.25) is 9.88 Å². The summed E-state index contributed by atoms with van der Waals surface area (Å²) in [6.45, 7) is 5.54. The number of fused-ring (bicyclic) bond motifs is 3. The van der Waals surface area contributed by atoms with E-state index in [9.17, 15) is 4.79 Å². The van der Waals surface area contributed by atoms with Crippen molar-refractivity contribution in [2.75, 3.05) is 65.2 Å². The van der Waals surface area contributed by atoms with Crippen LogP contribution < -0.4 is 14.4 Å². The van der Waals surface area contributed by atoms with E-state index in [1.807, 2.05) is 6.92 Å². The van der Waals surface area contributed by atoms with Crippen molar-refractivity contribution in [3.8, 4) is 35.4 Å². The molecule has 4 aromatic rings. The summed E-state index contributed by atoms with van der Waals surface area (Å²) in [5.74, 6) is 2.03. The number of amides is 1. The smallest absolute Gasteiger partial charge is 0.411 e. The summed E-state index contributed by atoms with van der Waals surface area (Å²) in [5.41, 5.74) is -0.201. The first kappa shape index (κ1) is 41.5. The van der Waals surface area contributed by atoms with Crippen molar-refractivity contribution in [2.45, 2.75) is 102 Å². The summed E-state index contributed by atoms with van der Waals surface area (Å²) >= 11 is 0. The molecule has 1 spiro atoms. The fourth-order valence-corrected chi connectivity index (χ4v) is 10.3. The molecule has 1 amide bonds. The van der Waals surface area contributed by atoms with Gasteiger partial charge in [-0.1, -0.05) is 12.0 Å². The van der Waals surface area contributed by atoms with Crippen molar-refractivity contribution < 1.29 is 42.0 Å². The van der Waals surface area contributed by atoms with Crippen LogP contribution in [0.4, 0.5) is 19.4 Å². The van der Waals surface area contributed by atoms with Gasteiger partial charge in [-0.2, -0.15) is 9.97 Å². The molecule has 2 aromatic heterocycles. The first-order valence-corrected chi connectivity index (χ1v) is 21.7. The number of nitrogens with zero attached hydrogens (tertiary/aromatic N) is 6. The molecule has 4 saturated heterocycles. The van der Waals surface area contributed by atoms with Gasteiger partial charge in [0.2, 0.25) is 0 Å². The Bertz CT molecular complexity index is 2330.